The first-order chi connectivity index (χ1) is 13.7. The molecule has 1 aromatic carbocycles. The third kappa shape index (κ3) is 3.93. The van der Waals surface area contributed by atoms with E-state index in [0.717, 1.165) is 22.5 Å². The summed E-state index contributed by atoms with van der Waals surface area (Å²) in [5, 5.41) is 3.21. The second kappa shape index (κ2) is 8.16. The highest BCUT2D eigenvalue weighted by Gasteiger charge is 2.23. The van der Waals surface area contributed by atoms with Crippen molar-refractivity contribution in [1.29, 1.82) is 0 Å². The zero-order chi connectivity index (χ0) is 21.3. The van der Waals surface area contributed by atoms with Crippen LogP contribution in [0.15, 0.2) is 29.3 Å². The van der Waals surface area contributed by atoms with E-state index in [-0.39, 0.29) is 18.1 Å². The number of rotatable bonds is 5. The summed E-state index contributed by atoms with van der Waals surface area (Å²) in [6.45, 7) is 9.20. The van der Waals surface area contributed by atoms with Gasteiger partial charge in [-0.15, -0.1) is 11.3 Å². The Hall–Kier alpha value is -3.00. The Bertz CT molecular complexity index is 1160. The number of amides is 1. The third-order valence-corrected chi connectivity index (χ3v) is 5.95. The number of aromatic nitrogens is 2. The second-order valence-corrected chi connectivity index (χ2v) is 7.90. The molecule has 0 aliphatic heterocycles. The molecule has 2 heterocycles. The molecular weight excluding hydrogens is 390 g/mol. The molecule has 3 aromatic rings. The Morgan fingerprint density at radius 3 is 2.66 bits per heavy atom. The molecule has 1 unspecified atom stereocenters. The quantitative estimate of drug-likeness (QED) is 0.643. The summed E-state index contributed by atoms with van der Waals surface area (Å²) in [4.78, 5) is 43.0. The summed E-state index contributed by atoms with van der Waals surface area (Å²) in [5.74, 6) is -0.793. The van der Waals surface area contributed by atoms with Gasteiger partial charge in [-0.05, 0) is 51.8 Å². The highest BCUT2D eigenvalue weighted by Crippen LogP contribution is 2.28. The zero-order valence-corrected chi connectivity index (χ0v) is 17.8. The maximum absolute atomic E-state index is 13.1. The molecule has 0 fully saturated rings. The lowest BCUT2D eigenvalue weighted by Gasteiger charge is -2.16. The minimum atomic E-state index is -0.773. The molecule has 152 valence electrons. The van der Waals surface area contributed by atoms with E-state index in [1.54, 1.807) is 20.8 Å². The Morgan fingerprint density at radius 2 is 2.00 bits per heavy atom. The molecule has 1 atom stereocenters. The lowest BCUT2D eigenvalue weighted by atomic mass is 10.1. The van der Waals surface area contributed by atoms with E-state index >= 15 is 0 Å². The lowest BCUT2D eigenvalue weighted by molar-refractivity contribution is -0.118. The molecule has 0 bridgehead atoms. The van der Waals surface area contributed by atoms with Crippen molar-refractivity contribution in [2.75, 3.05) is 11.9 Å². The summed E-state index contributed by atoms with van der Waals surface area (Å²) in [7, 11) is 0. The number of nitrogens with one attached hydrogen (secondary N) is 1. The molecule has 29 heavy (non-hydrogen) atoms. The Balaban J connectivity index is 1.95. The molecule has 0 aliphatic carbocycles. The highest BCUT2D eigenvalue weighted by atomic mass is 32.1. The average Bonchev–Trinajstić information content (AvgIpc) is 3.01. The largest absolute Gasteiger partial charge is 0.462 e. The number of esters is 1. The number of hydrogen-bond donors (Lipinski definition) is 1. The van der Waals surface area contributed by atoms with Crippen molar-refractivity contribution in [3.05, 3.63) is 56.4 Å². The molecule has 2 aromatic heterocycles. The molecule has 0 aliphatic rings. The van der Waals surface area contributed by atoms with E-state index in [4.69, 9.17) is 4.74 Å². The van der Waals surface area contributed by atoms with Crippen molar-refractivity contribution in [1.82, 2.24) is 9.55 Å². The first kappa shape index (κ1) is 20.7. The normalized spacial score (nSPS) is 12.0. The number of anilines is 1. The predicted molar refractivity (Wildman–Crippen MR) is 114 cm³/mol. The van der Waals surface area contributed by atoms with Gasteiger partial charge in [0.1, 0.15) is 15.7 Å². The predicted octanol–water partition coefficient (Wildman–Crippen LogP) is 3.76. The van der Waals surface area contributed by atoms with E-state index in [0.29, 0.717) is 26.3 Å². The van der Waals surface area contributed by atoms with Gasteiger partial charge >= 0.3 is 5.97 Å². The maximum Gasteiger partial charge on any atom is 0.348 e. The molecule has 8 heteroatoms. The molecule has 7 nitrogen and oxygen atoms in total. The number of aryl methyl sites for hydroxylation is 3. The van der Waals surface area contributed by atoms with E-state index in [2.05, 4.69) is 10.3 Å². The van der Waals surface area contributed by atoms with Crippen LogP contribution in [0, 0.1) is 20.8 Å². The number of hydrogen-bond acceptors (Lipinski definition) is 6. The van der Waals surface area contributed by atoms with Crippen LogP contribution in [0.3, 0.4) is 0 Å². The highest BCUT2D eigenvalue weighted by molar-refractivity contribution is 7.20. The average molecular weight is 413 g/mol. The molecule has 0 radical (unpaired) electrons. The fourth-order valence-electron chi connectivity index (χ4n) is 3.12. The monoisotopic (exact) mass is 413 g/mol. The van der Waals surface area contributed by atoms with Crippen LogP contribution in [-0.2, 0) is 9.53 Å². The Labute approximate surface area is 172 Å². The smallest absolute Gasteiger partial charge is 0.348 e. The van der Waals surface area contributed by atoms with E-state index in [9.17, 15) is 14.4 Å². The third-order valence-electron chi connectivity index (χ3n) is 4.77. The van der Waals surface area contributed by atoms with Crippen molar-refractivity contribution < 1.29 is 14.3 Å². The van der Waals surface area contributed by atoms with Gasteiger partial charge in [0.15, 0.2) is 0 Å². The molecule has 0 spiro atoms. The van der Waals surface area contributed by atoms with Crippen LogP contribution in [0.1, 0.15) is 46.3 Å². The SMILES string of the molecule is CCOC(=O)c1sc2ncn(C(C)C(=O)Nc3ccc(C)cc3C)c(=O)c2c1C. The van der Waals surface area contributed by atoms with E-state index < -0.39 is 12.0 Å². The number of fused-ring (bicyclic) bond motifs is 1. The number of benzene rings is 1. The van der Waals surface area contributed by atoms with Crippen LogP contribution in [0.25, 0.3) is 10.2 Å². The van der Waals surface area contributed by atoms with Gasteiger partial charge in [0.05, 0.1) is 18.3 Å². The number of carbonyl (C=O) groups excluding carboxylic acids is 2. The molecular formula is C21H23N3O4S. The van der Waals surface area contributed by atoms with Crippen LogP contribution in [-0.4, -0.2) is 28.0 Å². The van der Waals surface area contributed by atoms with Crippen molar-refractivity contribution in [3.8, 4) is 0 Å². The minimum absolute atomic E-state index is 0.250. The first-order valence-electron chi connectivity index (χ1n) is 9.30. The van der Waals surface area contributed by atoms with Gasteiger partial charge in [-0.1, -0.05) is 17.7 Å². The number of ether oxygens (including phenoxy) is 1. The fraction of sp³-hybridized carbons (Fsp3) is 0.333. The summed E-state index contributed by atoms with van der Waals surface area (Å²) in [6, 6.07) is 4.96. The van der Waals surface area contributed by atoms with Gasteiger partial charge in [0.25, 0.3) is 5.56 Å². The van der Waals surface area contributed by atoms with Crippen molar-refractivity contribution in [3.63, 3.8) is 0 Å². The van der Waals surface area contributed by atoms with Crippen LogP contribution in [0.5, 0.6) is 0 Å². The maximum atomic E-state index is 13.1. The minimum Gasteiger partial charge on any atom is -0.462 e. The topological polar surface area (TPSA) is 90.3 Å². The van der Waals surface area contributed by atoms with Gasteiger partial charge in [-0.2, -0.15) is 0 Å². The van der Waals surface area contributed by atoms with Gasteiger partial charge in [-0.3, -0.25) is 14.2 Å². The van der Waals surface area contributed by atoms with Gasteiger partial charge in [0, 0.05) is 5.69 Å². The van der Waals surface area contributed by atoms with Crippen LogP contribution >= 0.6 is 11.3 Å². The molecule has 0 saturated carbocycles. The van der Waals surface area contributed by atoms with Crippen molar-refractivity contribution in [2.45, 2.75) is 40.7 Å². The van der Waals surface area contributed by atoms with E-state index in [1.165, 1.54) is 10.9 Å². The fourth-order valence-corrected chi connectivity index (χ4v) is 4.15. The number of carbonyl (C=O) groups is 2. The molecule has 1 amide bonds. The van der Waals surface area contributed by atoms with Crippen molar-refractivity contribution >= 4 is 39.1 Å². The van der Waals surface area contributed by atoms with Gasteiger partial charge < -0.3 is 10.1 Å². The van der Waals surface area contributed by atoms with Gasteiger partial charge in [-0.25, -0.2) is 9.78 Å². The van der Waals surface area contributed by atoms with Crippen LogP contribution in [0.4, 0.5) is 5.69 Å². The summed E-state index contributed by atoms with van der Waals surface area (Å²) in [6.07, 6.45) is 1.35. The molecule has 3 rings (SSSR count). The van der Waals surface area contributed by atoms with Gasteiger partial charge in [0.2, 0.25) is 5.91 Å². The Morgan fingerprint density at radius 1 is 1.28 bits per heavy atom. The summed E-state index contributed by atoms with van der Waals surface area (Å²) < 4.78 is 6.34. The summed E-state index contributed by atoms with van der Waals surface area (Å²) >= 11 is 1.12. The van der Waals surface area contributed by atoms with E-state index in [1.807, 2.05) is 32.0 Å². The Kier molecular flexibility index (Phi) is 5.83. The number of thiophene rings is 1. The molecule has 1 N–H and O–H groups in total. The summed E-state index contributed by atoms with van der Waals surface area (Å²) in [5.41, 5.74) is 2.91. The standard InChI is InChI=1S/C21H23N3O4S/c1-6-28-21(27)17-13(4)16-19(29-17)22-10-24(20(16)26)14(5)18(25)23-15-8-7-11(2)9-12(15)3/h7-10,14H,6H2,1-5H3,(H,23,25). The molecule has 0 saturated heterocycles. The second-order valence-electron chi connectivity index (χ2n) is 6.90. The lowest BCUT2D eigenvalue weighted by Crippen LogP contribution is -2.32. The van der Waals surface area contributed by atoms with Crippen LogP contribution < -0.4 is 10.9 Å². The van der Waals surface area contributed by atoms with Crippen molar-refractivity contribution in [2.24, 2.45) is 0 Å². The van der Waals surface area contributed by atoms with Crippen LogP contribution in [0.2, 0.25) is 0 Å². The zero-order valence-electron chi connectivity index (χ0n) is 17.0. The first-order valence-corrected chi connectivity index (χ1v) is 10.1. The number of nitrogens with zero attached hydrogens (tertiary/aromatic N) is 2.